The van der Waals surface area contributed by atoms with Crippen LogP contribution in [0.15, 0.2) is 53.1 Å². The Morgan fingerprint density at radius 3 is 2.78 bits per heavy atom. The molecule has 86 valence electrons. The predicted molar refractivity (Wildman–Crippen MR) is 74.0 cm³/mol. The highest BCUT2D eigenvalue weighted by Crippen LogP contribution is 2.31. The third kappa shape index (κ3) is 1.33. The lowest BCUT2D eigenvalue weighted by atomic mass is 10.1. The Hall–Kier alpha value is -2.06. The lowest BCUT2D eigenvalue weighted by Crippen LogP contribution is -1.78. The Labute approximate surface area is 108 Å². The number of rotatable bonds is 0. The molecule has 0 aliphatic rings. The number of hydrogen-bond acceptors (Lipinski definition) is 2. The first kappa shape index (κ1) is 9.92. The summed E-state index contributed by atoms with van der Waals surface area (Å²) in [4.78, 5) is 4.31. The van der Waals surface area contributed by atoms with Gasteiger partial charge in [-0.2, -0.15) is 0 Å². The number of hydrogen-bond donors (Lipinski definition) is 0. The van der Waals surface area contributed by atoms with Crippen molar-refractivity contribution >= 4 is 44.4 Å². The van der Waals surface area contributed by atoms with Crippen molar-refractivity contribution in [2.45, 2.75) is 0 Å². The van der Waals surface area contributed by atoms with Gasteiger partial charge in [0.05, 0.1) is 10.5 Å². The third-order valence-corrected chi connectivity index (χ3v) is 3.35. The van der Waals surface area contributed by atoms with E-state index in [0.717, 1.165) is 32.8 Å². The Kier molecular flexibility index (Phi) is 1.91. The smallest absolute Gasteiger partial charge is 0.137 e. The van der Waals surface area contributed by atoms with Crippen molar-refractivity contribution in [1.82, 2.24) is 4.98 Å². The molecule has 2 heterocycles. The predicted octanol–water partition coefficient (Wildman–Crippen LogP) is 4.79. The zero-order valence-corrected chi connectivity index (χ0v) is 10.1. The van der Waals surface area contributed by atoms with Crippen LogP contribution in [0, 0.1) is 0 Å². The molecule has 2 nitrogen and oxygen atoms in total. The quantitative estimate of drug-likeness (QED) is 0.450. The summed E-state index contributed by atoms with van der Waals surface area (Å²) in [6, 6.07) is 14.0. The molecule has 0 aliphatic carbocycles. The van der Waals surface area contributed by atoms with Crippen molar-refractivity contribution in [3.05, 3.63) is 53.7 Å². The minimum absolute atomic E-state index is 0.648. The molecule has 4 rings (SSSR count). The molecule has 0 radical (unpaired) electrons. The van der Waals surface area contributed by atoms with Crippen LogP contribution in [0.5, 0.6) is 0 Å². The molecule has 0 amide bonds. The van der Waals surface area contributed by atoms with Crippen molar-refractivity contribution in [3.8, 4) is 0 Å². The first-order valence-corrected chi connectivity index (χ1v) is 6.06. The minimum atomic E-state index is 0.648. The van der Waals surface area contributed by atoms with Gasteiger partial charge in [0.2, 0.25) is 0 Å². The summed E-state index contributed by atoms with van der Waals surface area (Å²) in [5.74, 6) is 0. The van der Waals surface area contributed by atoms with Gasteiger partial charge in [-0.3, -0.25) is 4.98 Å². The SMILES string of the molecule is Clc1cnc2cc3oc4ccccc4c3cc2c1. The molecule has 0 bridgehead atoms. The molecule has 2 aromatic heterocycles. The molecule has 4 aromatic rings. The lowest BCUT2D eigenvalue weighted by Gasteiger charge is -1.97. The summed E-state index contributed by atoms with van der Waals surface area (Å²) in [5, 5.41) is 3.90. The van der Waals surface area contributed by atoms with Crippen molar-refractivity contribution < 1.29 is 4.42 Å². The van der Waals surface area contributed by atoms with Gasteiger partial charge in [0, 0.05) is 28.4 Å². The second-order valence-corrected chi connectivity index (χ2v) is 4.73. The number of nitrogens with zero attached hydrogens (tertiary/aromatic N) is 1. The third-order valence-electron chi connectivity index (χ3n) is 3.15. The monoisotopic (exact) mass is 253 g/mol. The van der Waals surface area contributed by atoms with Gasteiger partial charge < -0.3 is 4.42 Å². The number of para-hydroxylation sites is 1. The van der Waals surface area contributed by atoms with Crippen LogP contribution >= 0.6 is 11.6 Å². The fourth-order valence-electron chi connectivity index (χ4n) is 2.32. The molecular weight excluding hydrogens is 246 g/mol. The topological polar surface area (TPSA) is 26.0 Å². The zero-order valence-electron chi connectivity index (χ0n) is 9.35. The van der Waals surface area contributed by atoms with E-state index in [1.807, 2.05) is 30.3 Å². The fourth-order valence-corrected chi connectivity index (χ4v) is 2.49. The molecule has 0 N–H and O–H groups in total. The highest BCUT2D eigenvalue weighted by molar-refractivity contribution is 6.31. The maximum absolute atomic E-state index is 5.98. The molecule has 3 heteroatoms. The second-order valence-electron chi connectivity index (χ2n) is 4.29. The van der Waals surface area contributed by atoms with E-state index in [0.29, 0.717) is 5.02 Å². The molecule has 0 atom stereocenters. The highest BCUT2D eigenvalue weighted by Gasteiger charge is 2.08. The van der Waals surface area contributed by atoms with Gasteiger partial charge in [-0.25, -0.2) is 0 Å². The van der Waals surface area contributed by atoms with Crippen molar-refractivity contribution in [2.75, 3.05) is 0 Å². The molecular formula is C15H8ClNO. The van der Waals surface area contributed by atoms with Crippen LogP contribution < -0.4 is 0 Å². The Balaban J connectivity index is 2.24. The van der Waals surface area contributed by atoms with Crippen LogP contribution in [0.1, 0.15) is 0 Å². The Morgan fingerprint density at radius 2 is 1.83 bits per heavy atom. The number of benzene rings is 2. The summed E-state index contributed by atoms with van der Waals surface area (Å²) < 4.78 is 5.82. The standard InChI is InChI=1S/C15H8ClNO/c16-10-5-9-6-12-11-3-1-2-4-14(11)18-15(12)7-13(9)17-8-10/h1-8H. The van der Waals surface area contributed by atoms with Gasteiger partial charge in [-0.1, -0.05) is 29.8 Å². The molecule has 2 aromatic carbocycles. The van der Waals surface area contributed by atoms with Crippen LogP contribution in [0.2, 0.25) is 5.02 Å². The van der Waals surface area contributed by atoms with E-state index in [-0.39, 0.29) is 0 Å². The summed E-state index contributed by atoms with van der Waals surface area (Å²) in [5.41, 5.74) is 2.65. The summed E-state index contributed by atoms with van der Waals surface area (Å²) in [7, 11) is 0. The van der Waals surface area contributed by atoms with E-state index in [9.17, 15) is 0 Å². The van der Waals surface area contributed by atoms with E-state index in [1.165, 1.54) is 0 Å². The maximum atomic E-state index is 5.98. The van der Waals surface area contributed by atoms with E-state index in [4.69, 9.17) is 16.0 Å². The van der Waals surface area contributed by atoms with Crippen LogP contribution in [0.25, 0.3) is 32.8 Å². The van der Waals surface area contributed by atoms with E-state index in [1.54, 1.807) is 6.20 Å². The zero-order chi connectivity index (χ0) is 12.1. The number of aromatic nitrogens is 1. The van der Waals surface area contributed by atoms with Crippen LogP contribution in [0.3, 0.4) is 0 Å². The summed E-state index contributed by atoms with van der Waals surface area (Å²) in [6.45, 7) is 0. The normalized spacial score (nSPS) is 11.6. The maximum Gasteiger partial charge on any atom is 0.137 e. The number of halogens is 1. The molecule has 0 unspecified atom stereocenters. The fraction of sp³-hybridized carbons (Fsp3) is 0. The highest BCUT2D eigenvalue weighted by atomic mass is 35.5. The van der Waals surface area contributed by atoms with Gasteiger partial charge in [0.15, 0.2) is 0 Å². The van der Waals surface area contributed by atoms with Crippen LogP contribution in [0.4, 0.5) is 0 Å². The van der Waals surface area contributed by atoms with Gasteiger partial charge in [0.1, 0.15) is 11.2 Å². The van der Waals surface area contributed by atoms with Gasteiger partial charge in [0.25, 0.3) is 0 Å². The first-order valence-electron chi connectivity index (χ1n) is 5.68. The van der Waals surface area contributed by atoms with E-state index < -0.39 is 0 Å². The first-order chi connectivity index (χ1) is 8.81. The average Bonchev–Trinajstić information content (AvgIpc) is 2.74. The summed E-state index contributed by atoms with van der Waals surface area (Å²) >= 11 is 5.98. The number of furan rings is 1. The van der Waals surface area contributed by atoms with Crippen molar-refractivity contribution in [2.24, 2.45) is 0 Å². The van der Waals surface area contributed by atoms with Gasteiger partial charge >= 0.3 is 0 Å². The van der Waals surface area contributed by atoms with Crippen LogP contribution in [-0.2, 0) is 0 Å². The number of fused-ring (bicyclic) bond motifs is 4. The minimum Gasteiger partial charge on any atom is -0.456 e. The molecule has 18 heavy (non-hydrogen) atoms. The summed E-state index contributed by atoms with van der Waals surface area (Å²) in [6.07, 6.45) is 1.65. The Morgan fingerprint density at radius 1 is 0.944 bits per heavy atom. The lowest BCUT2D eigenvalue weighted by molar-refractivity contribution is 0.669. The van der Waals surface area contributed by atoms with Crippen molar-refractivity contribution in [1.29, 1.82) is 0 Å². The Bertz CT molecular complexity index is 895. The van der Waals surface area contributed by atoms with E-state index >= 15 is 0 Å². The van der Waals surface area contributed by atoms with Crippen LogP contribution in [-0.4, -0.2) is 4.98 Å². The second kappa shape index (κ2) is 3.47. The molecule has 0 aliphatic heterocycles. The van der Waals surface area contributed by atoms with Gasteiger partial charge in [-0.05, 0) is 18.2 Å². The number of pyridine rings is 1. The largest absolute Gasteiger partial charge is 0.456 e. The molecule has 0 saturated heterocycles. The molecule has 0 fully saturated rings. The molecule has 0 saturated carbocycles. The van der Waals surface area contributed by atoms with Gasteiger partial charge in [-0.15, -0.1) is 0 Å². The van der Waals surface area contributed by atoms with Crippen molar-refractivity contribution in [3.63, 3.8) is 0 Å². The van der Waals surface area contributed by atoms with E-state index in [2.05, 4.69) is 17.1 Å². The molecule has 0 spiro atoms. The average molecular weight is 254 g/mol.